The van der Waals surface area contributed by atoms with Crippen LogP contribution in [0, 0.1) is 18.8 Å². The summed E-state index contributed by atoms with van der Waals surface area (Å²) in [7, 11) is 1.68. The number of nitrogens with two attached hydrogens (primary N) is 2. The first-order chi connectivity index (χ1) is 10.1. The Hall–Kier alpha value is -2.22. The number of aryl methyl sites for hydroxylation is 2. The average molecular weight is 308 g/mol. The van der Waals surface area contributed by atoms with Gasteiger partial charge in [-0.25, -0.2) is 0 Å². The predicted octanol–water partition coefficient (Wildman–Crippen LogP) is -1.26. The monoisotopic (exact) mass is 308 g/mol. The molecule has 2 amide bonds. The Labute approximate surface area is 127 Å². The number of ketones is 1. The number of amides is 2. The van der Waals surface area contributed by atoms with Crippen molar-refractivity contribution >= 4 is 17.6 Å². The number of hydrogen-bond donors (Lipinski definition) is 3. The number of aromatic nitrogens is 2. The van der Waals surface area contributed by atoms with Crippen LogP contribution in [0.2, 0.25) is 0 Å². The molecule has 1 heterocycles. The van der Waals surface area contributed by atoms with Crippen LogP contribution in [0.1, 0.15) is 30.5 Å². The fourth-order valence-electron chi connectivity index (χ4n) is 3.48. The highest BCUT2D eigenvalue weighted by Crippen LogP contribution is 2.46. The van der Waals surface area contributed by atoms with Crippen LogP contribution in [0.5, 0.6) is 0 Å². The van der Waals surface area contributed by atoms with Gasteiger partial charge >= 0.3 is 0 Å². The number of aliphatic hydroxyl groups is 1. The van der Waals surface area contributed by atoms with E-state index < -0.39 is 41.0 Å². The quantitative estimate of drug-likeness (QED) is 0.597. The van der Waals surface area contributed by atoms with Crippen LogP contribution in [0.25, 0.3) is 0 Å². The van der Waals surface area contributed by atoms with Gasteiger partial charge in [0.2, 0.25) is 11.8 Å². The summed E-state index contributed by atoms with van der Waals surface area (Å²) in [5, 5.41) is 14.7. The molecule has 4 atom stereocenters. The number of nitrogens with zero attached hydrogens (tertiary/aromatic N) is 2. The number of rotatable bonds is 3. The smallest absolute Gasteiger partial charge is 0.228 e. The van der Waals surface area contributed by atoms with E-state index in [1.807, 2.05) is 0 Å². The lowest BCUT2D eigenvalue weighted by Crippen LogP contribution is -2.57. The zero-order valence-electron chi connectivity index (χ0n) is 12.7. The van der Waals surface area contributed by atoms with Crippen LogP contribution in [0.15, 0.2) is 6.20 Å². The lowest BCUT2D eigenvalue weighted by atomic mass is 9.61. The molecule has 1 aliphatic rings. The Morgan fingerprint density at radius 1 is 1.41 bits per heavy atom. The molecular formula is C14H20N4O4. The number of hydrogen-bond acceptors (Lipinski definition) is 5. The van der Waals surface area contributed by atoms with E-state index in [9.17, 15) is 19.5 Å². The van der Waals surface area contributed by atoms with Crippen molar-refractivity contribution in [1.29, 1.82) is 0 Å². The third-order valence-corrected chi connectivity index (χ3v) is 4.29. The molecule has 120 valence electrons. The highest BCUT2D eigenvalue weighted by molar-refractivity contribution is 6.04. The van der Waals surface area contributed by atoms with Crippen LogP contribution in [-0.2, 0) is 21.4 Å². The second-order valence-corrected chi connectivity index (χ2v) is 6.13. The minimum absolute atomic E-state index is 0.343. The number of primary amides is 2. The maximum absolute atomic E-state index is 12.3. The largest absolute Gasteiger partial charge is 0.389 e. The van der Waals surface area contributed by atoms with E-state index in [1.54, 1.807) is 20.2 Å². The standard InChI is InChI=1S/C14H20N4O4/c1-6-7(5-18(3)17-6)9-10(12(15)20)8(19)4-14(2,22)11(9)13(16)21/h5,9-11,22H,4H2,1-3H3,(H2,15,20)(H2,16,21)/t9-,10+,11-,14+/m0/s1. The van der Waals surface area contributed by atoms with Gasteiger partial charge in [-0.2, -0.15) is 5.10 Å². The molecule has 1 aromatic heterocycles. The Morgan fingerprint density at radius 3 is 2.41 bits per heavy atom. The van der Waals surface area contributed by atoms with E-state index in [1.165, 1.54) is 11.6 Å². The average Bonchev–Trinajstić information content (AvgIpc) is 2.64. The molecule has 1 saturated carbocycles. The van der Waals surface area contributed by atoms with E-state index in [2.05, 4.69) is 5.10 Å². The van der Waals surface area contributed by atoms with Crippen LogP contribution in [-0.4, -0.2) is 38.1 Å². The van der Waals surface area contributed by atoms with E-state index >= 15 is 0 Å². The predicted molar refractivity (Wildman–Crippen MR) is 76.3 cm³/mol. The lowest BCUT2D eigenvalue weighted by Gasteiger charge is -2.43. The molecule has 5 N–H and O–H groups in total. The molecule has 22 heavy (non-hydrogen) atoms. The molecule has 0 aliphatic heterocycles. The number of Topliss-reactive ketones (excluding diaryl/α,β-unsaturated/α-hetero) is 1. The van der Waals surface area contributed by atoms with E-state index in [-0.39, 0.29) is 6.42 Å². The SMILES string of the molecule is Cc1nn(C)cc1[C@H]1[C@H](C(N)=O)C(=O)C[C@@](C)(O)[C@@H]1C(N)=O. The minimum Gasteiger partial charge on any atom is -0.389 e. The molecule has 0 saturated heterocycles. The maximum Gasteiger partial charge on any atom is 0.228 e. The molecule has 0 unspecified atom stereocenters. The van der Waals surface area contributed by atoms with Crippen molar-refractivity contribution in [2.45, 2.75) is 31.8 Å². The van der Waals surface area contributed by atoms with Gasteiger partial charge in [0.1, 0.15) is 11.7 Å². The molecule has 0 spiro atoms. The first kappa shape index (κ1) is 16.2. The van der Waals surface area contributed by atoms with Crippen LogP contribution in [0.4, 0.5) is 0 Å². The third kappa shape index (κ3) is 2.50. The fourth-order valence-corrected chi connectivity index (χ4v) is 3.48. The van der Waals surface area contributed by atoms with Gasteiger partial charge in [0.05, 0.1) is 17.2 Å². The molecule has 0 aromatic carbocycles. The highest BCUT2D eigenvalue weighted by Gasteiger charge is 2.55. The van der Waals surface area contributed by atoms with Crippen molar-refractivity contribution < 1.29 is 19.5 Å². The van der Waals surface area contributed by atoms with Gasteiger partial charge in [0.15, 0.2) is 0 Å². The summed E-state index contributed by atoms with van der Waals surface area (Å²) >= 11 is 0. The second-order valence-electron chi connectivity index (χ2n) is 6.13. The van der Waals surface area contributed by atoms with Gasteiger partial charge in [-0.05, 0) is 19.4 Å². The zero-order chi connectivity index (χ0) is 16.8. The van der Waals surface area contributed by atoms with Crippen LogP contribution >= 0.6 is 0 Å². The maximum atomic E-state index is 12.3. The van der Waals surface area contributed by atoms with Gasteiger partial charge < -0.3 is 16.6 Å². The van der Waals surface area contributed by atoms with Crippen LogP contribution in [0.3, 0.4) is 0 Å². The normalized spacial score (nSPS) is 32.0. The summed E-state index contributed by atoms with van der Waals surface area (Å²) in [4.78, 5) is 36.0. The van der Waals surface area contributed by atoms with Crippen LogP contribution < -0.4 is 11.5 Å². The minimum atomic E-state index is -1.64. The number of carbonyl (C=O) groups is 3. The van der Waals surface area contributed by atoms with Crippen molar-refractivity contribution in [2.75, 3.05) is 0 Å². The Kier molecular flexibility index (Phi) is 3.82. The molecule has 2 rings (SSSR count). The van der Waals surface area contributed by atoms with E-state index in [4.69, 9.17) is 11.5 Å². The molecule has 8 heteroatoms. The van der Waals surface area contributed by atoms with Crippen molar-refractivity contribution in [1.82, 2.24) is 9.78 Å². The fraction of sp³-hybridized carbons (Fsp3) is 0.571. The van der Waals surface area contributed by atoms with Crippen molar-refractivity contribution in [3.05, 3.63) is 17.5 Å². The third-order valence-electron chi connectivity index (χ3n) is 4.29. The number of carbonyl (C=O) groups excluding carboxylic acids is 3. The van der Waals surface area contributed by atoms with Gasteiger partial charge in [-0.15, -0.1) is 0 Å². The summed E-state index contributed by atoms with van der Waals surface area (Å²) in [6.45, 7) is 3.06. The zero-order valence-corrected chi connectivity index (χ0v) is 12.7. The van der Waals surface area contributed by atoms with Gasteiger partial charge in [-0.3, -0.25) is 19.1 Å². The van der Waals surface area contributed by atoms with E-state index in [0.717, 1.165) is 0 Å². The summed E-state index contributed by atoms with van der Waals surface area (Å²) in [5.74, 6) is -5.34. The molecule has 1 aromatic rings. The van der Waals surface area contributed by atoms with Gasteiger partial charge in [0, 0.05) is 25.6 Å². The molecule has 1 fully saturated rings. The molecule has 0 radical (unpaired) electrons. The molecule has 8 nitrogen and oxygen atoms in total. The molecule has 0 bridgehead atoms. The molecule has 1 aliphatic carbocycles. The Balaban J connectivity index is 2.67. The lowest BCUT2D eigenvalue weighted by molar-refractivity contribution is -0.152. The molecular weight excluding hydrogens is 288 g/mol. The van der Waals surface area contributed by atoms with Crippen molar-refractivity contribution in [3.63, 3.8) is 0 Å². The second kappa shape index (κ2) is 5.20. The highest BCUT2D eigenvalue weighted by atomic mass is 16.3. The van der Waals surface area contributed by atoms with Crippen molar-refractivity contribution in [2.24, 2.45) is 30.4 Å². The van der Waals surface area contributed by atoms with Crippen molar-refractivity contribution in [3.8, 4) is 0 Å². The summed E-state index contributed by atoms with van der Waals surface area (Å²) < 4.78 is 1.51. The topological polar surface area (TPSA) is 141 Å². The summed E-state index contributed by atoms with van der Waals surface area (Å²) in [6, 6.07) is 0. The summed E-state index contributed by atoms with van der Waals surface area (Å²) in [5.41, 5.74) is 10.2. The Morgan fingerprint density at radius 2 is 2.00 bits per heavy atom. The van der Waals surface area contributed by atoms with E-state index in [0.29, 0.717) is 11.3 Å². The van der Waals surface area contributed by atoms with Gasteiger partial charge in [-0.1, -0.05) is 0 Å². The Bertz CT molecular complexity index is 649. The first-order valence-corrected chi connectivity index (χ1v) is 6.90. The first-order valence-electron chi connectivity index (χ1n) is 6.90. The summed E-state index contributed by atoms with van der Waals surface area (Å²) in [6.07, 6.45) is 1.27. The van der Waals surface area contributed by atoms with Gasteiger partial charge in [0.25, 0.3) is 0 Å².